The number of halogens is 3. The Kier molecular flexibility index (Phi) is 7.12. The zero-order valence-electron chi connectivity index (χ0n) is 16.7. The molecule has 0 unspecified atom stereocenters. The summed E-state index contributed by atoms with van der Waals surface area (Å²) in [5.74, 6) is 0.306. The van der Waals surface area contributed by atoms with E-state index in [2.05, 4.69) is 31.2 Å². The third-order valence-electron chi connectivity index (χ3n) is 5.57. The number of hydrogen-bond acceptors (Lipinski definition) is 2. The Morgan fingerprint density at radius 1 is 1.00 bits per heavy atom. The van der Waals surface area contributed by atoms with Crippen molar-refractivity contribution in [1.82, 2.24) is 0 Å². The van der Waals surface area contributed by atoms with Crippen molar-refractivity contribution < 1.29 is 22.7 Å². The van der Waals surface area contributed by atoms with Gasteiger partial charge in [0.25, 0.3) is 0 Å². The predicted octanol–water partition coefficient (Wildman–Crippen LogP) is 6.29. The second kappa shape index (κ2) is 9.57. The van der Waals surface area contributed by atoms with Crippen LogP contribution in [0, 0.1) is 12.8 Å². The fraction of sp³-hybridized carbons (Fsp3) is 0.458. The Hall–Kier alpha value is -2.14. The van der Waals surface area contributed by atoms with E-state index in [0.717, 1.165) is 43.4 Å². The van der Waals surface area contributed by atoms with Crippen molar-refractivity contribution >= 4 is 5.78 Å². The highest BCUT2D eigenvalue weighted by atomic mass is 19.4. The van der Waals surface area contributed by atoms with Crippen molar-refractivity contribution in [1.29, 1.82) is 0 Å². The monoisotopic (exact) mass is 404 g/mol. The molecule has 0 bridgehead atoms. The van der Waals surface area contributed by atoms with Gasteiger partial charge in [0.05, 0.1) is 18.3 Å². The van der Waals surface area contributed by atoms with Gasteiger partial charge in [-0.15, -0.1) is 0 Å². The summed E-state index contributed by atoms with van der Waals surface area (Å²) in [6, 6.07) is 13.4. The number of alkyl halides is 3. The third-order valence-corrected chi connectivity index (χ3v) is 5.57. The van der Waals surface area contributed by atoms with Gasteiger partial charge in [-0.05, 0) is 55.7 Å². The lowest BCUT2D eigenvalue weighted by Gasteiger charge is -2.28. The first kappa shape index (κ1) is 21.6. The average molecular weight is 404 g/mol. The minimum Gasteiger partial charge on any atom is -0.374 e. The smallest absolute Gasteiger partial charge is 0.374 e. The number of carbonyl (C=O) groups excluding carboxylic acids is 1. The van der Waals surface area contributed by atoms with E-state index < -0.39 is 11.7 Å². The summed E-state index contributed by atoms with van der Waals surface area (Å²) in [5, 5.41) is 0. The number of Topliss-reactive ketones (excluding diaryl/α,β-unsaturated/α-hetero) is 1. The minimum absolute atomic E-state index is 0.00773. The summed E-state index contributed by atoms with van der Waals surface area (Å²) in [6.07, 6.45) is 0.0248. The molecular weight excluding hydrogens is 377 g/mol. The van der Waals surface area contributed by atoms with Crippen molar-refractivity contribution in [3.8, 4) is 0 Å². The zero-order valence-corrected chi connectivity index (χ0v) is 16.7. The van der Waals surface area contributed by atoms with Crippen molar-refractivity contribution in [2.75, 3.05) is 0 Å². The van der Waals surface area contributed by atoms with Gasteiger partial charge in [0.15, 0.2) is 0 Å². The first-order valence-corrected chi connectivity index (χ1v) is 10.1. The molecule has 1 aliphatic carbocycles. The number of benzene rings is 2. The lowest BCUT2D eigenvalue weighted by molar-refractivity contribution is -0.137. The Bertz CT molecular complexity index is 804. The van der Waals surface area contributed by atoms with Gasteiger partial charge in [-0.1, -0.05) is 48.0 Å². The molecule has 1 aliphatic rings. The molecule has 0 spiro atoms. The summed E-state index contributed by atoms with van der Waals surface area (Å²) in [5.41, 5.74) is 2.12. The molecule has 1 saturated carbocycles. The first-order valence-electron chi connectivity index (χ1n) is 10.1. The van der Waals surface area contributed by atoms with Gasteiger partial charge in [0.2, 0.25) is 0 Å². The summed E-state index contributed by atoms with van der Waals surface area (Å²) < 4.78 is 44.4. The molecule has 0 atom stereocenters. The molecule has 0 heterocycles. The second-order valence-corrected chi connectivity index (χ2v) is 8.06. The number of carbonyl (C=O) groups is 1. The van der Waals surface area contributed by atoms with Crippen LogP contribution in [0.15, 0.2) is 48.5 Å². The van der Waals surface area contributed by atoms with Crippen LogP contribution < -0.4 is 0 Å². The molecule has 0 N–H and O–H groups in total. The number of rotatable bonds is 7. The van der Waals surface area contributed by atoms with Crippen LogP contribution in [-0.2, 0) is 28.7 Å². The van der Waals surface area contributed by atoms with E-state index in [1.54, 1.807) is 6.07 Å². The van der Waals surface area contributed by atoms with Gasteiger partial charge in [-0.3, -0.25) is 4.79 Å². The van der Waals surface area contributed by atoms with Gasteiger partial charge >= 0.3 is 6.18 Å². The Labute approximate surface area is 170 Å². The molecule has 0 amide bonds. The largest absolute Gasteiger partial charge is 0.416 e. The molecule has 5 heteroatoms. The van der Waals surface area contributed by atoms with Gasteiger partial charge in [0.1, 0.15) is 5.78 Å². The van der Waals surface area contributed by atoms with Gasteiger partial charge in [-0.25, -0.2) is 0 Å². The average Bonchev–Trinajstić information content (AvgIpc) is 2.68. The molecule has 3 rings (SSSR count). The predicted molar refractivity (Wildman–Crippen MR) is 106 cm³/mol. The first-order chi connectivity index (χ1) is 13.8. The molecular formula is C24H27F3O2. The molecule has 2 aromatic carbocycles. The maximum absolute atomic E-state index is 12.8. The topological polar surface area (TPSA) is 26.3 Å². The van der Waals surface area contributed by atoms with Gasteiger partial charge in [0, 0.05) is 12.8 Å². The molecule has 0 radical (unpaired) electrons. The summed E-state index contributed by atoms with van der Waals surface area (Å²) in [7, 11) is 0. The van der Waals surface area contributed by atoms with Gasteiger partial charge in [-0.2, -0.15) is 13.2 Å². The molecule has 0 aromatic heterocycles. The van der Waals surface area contributed by atoms with Gasteiger partial charge < -0.3 is 4.74 Å². The summed E-state index contributed by atoms with van der Waals surface area (Å²) in [6.45, 7) is 2.66. The maximum atomic E-state index is 12.8. The quantitative estimate of drug-likeness (QED) is 0.542. The van der Waals surface area contributed by atoms with E-state index in [-0.39, 0.29) is 18.3 Å². The summed E-state index contributed by atoms with van der Waals surface area (Å²) >= 11 is 0. The lowest BCUT2D eigenvalue weighted by Crippen LogP contribution is -2.23. The van der Waals surface area contributed by atoms with Crippen LogP contribution in [0.3, 0.4) is 0 Å². The maximum Gasteiger partial charge on any atom is 0.416 e. The SMILES string of the molecule is Cc1ccc(COC2CCC(CC(=O)Cc3cccc(C(F)(F)F)c3)CC2)cc1. The highest BCUT2D eigenvalue weighted by molar-refractivity contribution is 5.81. The van der Waals surface area contributed by atoms with Crippen LogP contribution >= 0.6 is 0 Å². The van der Waals surface area contributed by atoms with E-state index in [9.17, 15) is 18.0 Å². The van der Waals surface area contributed by atoms with Crippen LogP contribution in [0.25, 0.3) is 0 Å². The highest BCUT2D eigenvalue weighted by Crippen LogP contribution is 2.31. The van der Waals surface area contributed by atoms with E-state index in [1.807, 2.05) is 0 Å². The van der Waals surface area contributed by atoms with Crippen LogP contribution in [0.5, 0.6) is 0 Å². The number of ether oxygens (including phenoxy) is 1. The molecule has 0 aliphatic heterocycles. The molecule has 156 valence electrons. The molecule has 0 saturated heterocycles. The lowest BCUT2D eigenvalue weighted by atomic mass is 9.83. The van der Waals surface area contributed by atoms with Crippen molar-refractivity contribution in [3.63, 3.8) is 0 Å². The highest BCUT2D eigenvalue weighted by Gasteiger charge is 2.30. The number of aryl methyl sites for hydroxylation is 1. The standard InChI is InChI=1S/C24H27F3O2/c1-17-5-7-19(8-6-17)16-29-23-11-9-18(10-12-23)14-22(28)15-20-3-2-4-21(13-20)24(25,26)27/h2-8,13,18,23H,9-12,14-16H2,1H3. The molecule has 2 nitrogen and oxygen atoms in total. The minimum atomic E-state index is -4.38. The molecule has 29 heavy (non-hydrogen) atoms. The number of hydrogen-bond donors (Lipinski definition) is 0. The Balaban J connectivity index is 1.41. The van der Waals surface area contributed by atoms with E-state index in [0.29, 0.717) is 24.5 Å². The normalized spacial score (nSPS) is 19.9. The third kappa shape index (κ3) is 6.70. The van der Waals surface area contributed by atoms with E-state index in [1.165, 1.54) is 11.6 Å². The Morgan fingerprint density at radius 3 is 2.34 bits per heavy atom. The summed E-state index contributed by atoms with van der Waals surface area (Å²) in [4.78, 5) is 12.3. The Morgan fingerprint density at radius 2 is 1.69 bits per heavy atom. The van der Waals surface area contributed by atoms with Crippen LogP contribution in [0.1, 0.15) is 54.4 Å². The molecule has 2 aromatic rings. The molecule has 1 fully saturated rings. The fourth-order valence-corrected chi connectivity index (χ4v) is 3.88. The van der Waals surface area contributed by atoms with Crippen molar-refractivity contribution in [2.24, 2.45) is 5.92 Å². The van der Waals surface area contributed by atoms with Crippen molar-refractivity contribution in [3.05, 3.63) is 70.8 Å². The van der Waals surface area contributed by atoms with Crippen LogP contribution in [0.2, 0.25) is 0 Å². The van der Waals surface area contributed by atoms with Crippen LogP contribution in [0.4, 0.5) is 13.2 Å². The number of ketones is 1. The van der Waals surface area contributed by atoms with Crippen molar-refractivity contribution in [2.45, 2.75) is 64.3 Å². The fourth-order valence-electron chi connectivity index (χ4n) is 3.88. The second-order valence-electron chi connectivity index (χ2n) is 8.06. The van der Waals surface area contributed by atoms with Crippen LogP contribution in [-0.4, -0.2) is 11.9 Å². The zero-order chi connectivity index (χ0) is 20.9. The van der Waals surface area contributed by atoms with E-state index >= 15 is 0 Å². The van der Waals surface area contributed by atoms with E-state index in [4.69, 9.17) is 4.74 Å².